The molecule has 1 aliphatic rings. The molecule has 0 aliphatic heterocycles. The fraction of sp³-hybridized carbons (Fsp3) is 0.250. The van der Waals surface area contributed by atoms with E-state index in [2.05, 4.69) is 28.1 Å². The Labute approximate surface area is 112 Å². The van der Waals surface area contributed by atoms with Crippen LogP contribution in [0.15, 0.2) is 46.4 Å². The molecule has 1 heterocycles. The van der Waals surface area contributed by atoms with Gasteiger partial charge in [0.2, 0.25) is 5.89 Å². The highest BCUT2D eigenvalue weighted by Crippen LogP contribution is 2.18. The molecule has 0 saturated carbocycles. The molecular formula is C16H14N2O. The van der Waals surface area contributed by atoms with Gasteiger partial charge in [0.1, 0.15) is 0 Å². The van der Waals surface area contributed by atoms with Crippen molar-refractivity contribution in [2.24, 2.45) is 0 Å². The van der Waals surface area contributed by atoms with Crippen LogP contribution in [0, 0.1) is 11.8 Å². The molecule has 2 aromatic rings. The van der Waals surface area contributed by atoms with Crippen LogP contribution in [0.5, 0.6) is 0 Å². The van der Waals surface area contributed by atoms with Gasteiger partial charge < -0.3 is 4.42 Å². The van der Waals surface area contributed by atoms with Crippen LogP contribution in [0.2, 0.25) is 0 Å². The van der Waals surface area contributed by atoms with Crippen LogP contribution >= 0.6 is 0 Å². The molecule has 0 radical (unpaired) electrons. The van der Waals surface area contributed by atoms with Crippen molar-refractivity contribution in [2.45, 2.75) is 25.7 Å². The Morgan fingerprint density at radius 3 is 2.68 bits per heavy atom. The maximum atomic E-state index is 5.54. The maximum Gasteiger partial charge on any atom is 0.294 e. The molecular weight excluding hydrogens is 236 g/mol. The zero-order valence-electron chi connectivity index (χ0n) is 10.6. The first kappa shape index (κ1) is 11.7. The quantitative estimate of drug-likeness (QED) is 0.726. The third-order valence-electron chi connectivity index (χ3n) is 3.07. The molecule has 3 nitrogen and oxygen atoms in total. The van der Waals surface area contributed by atoms with Gasteiger partial charge in [0.15, 0.2) is 0 Å². The van der Waals surface area contributed by atoms with Crippen LogP contribution in [-0.4, -0.2) is 10.2 Å². The van der Waals surface area contributed by atoms with Crippen LogP contribution in [0.1, 0.15) is 31.6 Å². The normalized spacial score (nSPS) is 14.4. The Balaban J connectivity index is 1.79. The fourth-order valence-electron chi connectivity index (χ4n) is 2.06. The Kier molecular flexibility index (Phi) is 3.42. The Morgan fingerprint density at radius 1 is 1.00 bits per heavy atom. The summed E-state index contributed by atoms with van der Waals surface area (Å²) in [6.45, 7) is 0. The number of nitrogens with zero attached hydrogens (tertiary/aromatic N) is 2. The average Bonchev–Trinajstić information content (AvgIpc) is 2.96. The number of rotatable bonds is 1. The molecule has 0 unspecified atom stereocenters. The summed E-state index contributed by atoms with van der Waals surface area (Å²) in [4.78, 5) is 0. The molecule has 0 spiro atoms. The third kappa shape index (κ3) is 2.92. The topological polar surface area (TPSA) is 38.9 Å². The second-order valence-corrected chi connectivity index (χ2v) is 4.50. The summed E-state index contributed by atoms with van der Waals surface area (Å²) in [5.74, 6) is 6.96. The van der Waals surface area contributed by atoms with E-state index in [-0.39, 0.29) is 0 Å². The van der Waals surface area contributed by atoms with E-state index in [4.69, 9.17) is 4.42 Å². The second-order valence-electron chi connectivity index (χ2n) is 4.50. The molecule has 1 aliphatic carbocycles. The minimum atomic E-state index is 0.380. The number of hydrogen-bond donors (Lipinski definition) is 0. The molecule has 0 amide bonds. The van der Waals surface area contributed by atoms with Gasteiger partial charge in [-0.1, -0.05) is 35.3 Å². The van der Waals surface area contributed by atoms with Crippen molar-refractivity contribution in [3.8, 4) is 23.3 Å². The monoisotopic (exact) mass is 250 g/mol. The van der Waals surface area contributed by atoms with Crippen molar-refractivity contribution in [2.75, 3.05) is 0 Å². The number of allylic oxidation sites excluding steroid dienone is 2. The SMILES string of the molecule is C(#Cc1nnc(-c2ccccc2)o1)C1=CCCCC1. The summed E-state index contributed by atoms with van der Waals surface area (Å²) in [6, 6.07) is 9.72. The maximum absolute atomic E-state index is 5.54. The number of hydrogen-bond acceptors (Lipinski definition) is 3. The second kappa shape index (κ2) is 5.53. The van der Waals surface area contributed by atoms with Crippen molar-refractivity contribution < 1.29 is 4.42 Å². The highest BCUT2D eigenvalue weighted by Gasteiger charge is 2.06. The van der Waals surface area contributed by atoms with Gasteiger partial charge in [-0.3, -0.25) is 0 Å². The lowest BCUT2D eigenvalue weighted by Crippen LogP contribution is -1.88. The predicted octanol–water partition coefficient (Wildman–Crippen LogP) is 3.59. The van der Waals surface area contributed by atoms with Gasteiger partial charge in [-0.05, 0) is 49.3 Å². The zero-order chi connectivity index (χ0) is 12.9. The van der Waals surface area contributed by atoms with Gasteiger partial charge in [-0.25, -0.2) is 0 Å². The van der Waals surface area contributed by atoms with E-state index in [0.29, 0.717) is 11.8 Å². The van der Waals surface area contributed by atoms with Crippen LogP contribution < -0.4 is 0 Å². The van der Waals surface area contributed by atoms with Gasteiger partial charge in [-0.15, -0.1) is 5.10 Å². The van der Waals surface area contributed by atoms with Crippen molar-refractivity contribution >= 4 is 0 Å². The predicted molar refractivity (Wildman–Crippen MR) is 73.2 cm³/mol. The number of aromatic nitrogens is 2. The van der Waals surface area contributed by atoms with Crippen LogP contribution in [0.25, 0.3) is 11.5 Å². The average molecular weight is 250 g/mol. The molecule has 19 heavy (non-hydrogen) atoms. The first-order valence-electron chi connectivity index (χ1n) is 6.52. The summed E-state index contributed by atoms with van der Waals surface area (Å²) >= 11 is 0. The highest BCUT2D eigenvalue weighted by molar-refractivity contribution is 5.52. The summed E-state index contributed by atoms with van der Waals surface area (Å²) in [5, 5.41) is 7.97. The molecule has 1 aromatic heterocycles. The molecule has 3 rings (SSSR count). The Morgan fingerprint density at radius 2 is 1.89 bits per heavy atom. The van der Waals surface area contributed by atoms with E-state index in [1.165, 1.54) is 18.4 Å². The van der Waals surface area contributed by atoms with E-state index in [1.807, 2.05) is 30.3 Å². The fourth-order valence-corrected chi connectivity index (χ4v) is 2.06. The molecule has 0 fully saturated rings. The lowest BCUT2D eigenvalue weighted by atomic mass is 10.0. The van der Waals surface area contributed by atoms with Crippen LogP contribution in [0.3, 0.4) is 0 Å². The molecule has 0 atom stereocenters. The van der Waals surface area contributed by atoms with E-state index >= 15 is 0 Å². The lowest BCUT2D eigenvalue weighted by molar-refractivity contribution is 0.554. The van der Waals surface area contributed by atoms with Crippen LogP contribution in [-0.2, 0) is 0 Å². The van der Waals surface area contributed by atoms with E-state index in [0.717, 1.165) is 18.4 Å². The third-order valence-corrected chi connectivity index (χ3v) is 3.07. The molecule has 3 heteroatoms. The summed E-state index contributed by atoms with van der Waals surface area (Å²) in [6.07, 6.45) is 6.88. The molecule has 0 N–H and O–H groups in total. The standard InChI is InChI=1S/C16H14N2O/c1-3-7-13(8-4-1)11-12-15-17-18-16(19-15)14-9-5-2-6-10-14/h2,5-7,9-10H,1,3-4,8H2. The Bertz CT molecular complexity index is 644. The number of benzene rings is 1. The first-order chi connectivity index (χ1) is 9.42. The van der Waals surface area contributed by atoms with Crippen LogP contribution in [0.4, 0.5) is 0 Å². The van der Waals surface area contributed by atoms with Gasteiger partial charge in [0, 0.05) is 5.56 Å². The van der Waals surface area contributed by atoms with Crippen molar-refractivity contribution in [3.05, 3.63) is 47.9 Å². The van der Waals surface area contributed by atoms with E-state index < -0.39 is 0 Å². The summed E-state index contributed by atoms with van der Waals surface area (Å²) in [7, 11) is 0. The molecule has 1 aromatic carbocycles. The first-order valence-corrected chi connectivity index (χ1v) is 6.52. The lowest BCUT2D eigenvalue weighted by Gasteiger charge is -2.05. The van der Waals surface area contributed by atoms with Gasteiger partial charge in [-0.2, -0.15) is 0 Å². The van der Waals surface area contributed by atoms with Gasteiger partial charge in [0.25, 0.3) is 5.89 Å². The molecule has 0 saturated heterocycles. The van der Waals surface area contributed by atoms with Crippen molar-refractivity contribution in [3.63, 3.8) is 0 Å². The Hall–Kier alpha value is -2.34. The van der Waals surface area contributed by atoms with Gasteiger partial charge in [0.05, 0.1) is 0 Å². The summed E-state index contributed by atoms with van der Waals surface area (Å²) < 4.78 is 5.54. The van der Waals surface area contributed by atoms with Crippen molar-refractivity contribution in [1.82, 2.24) is 10.2 Å². The van der Waals surface area contributed by atoms with E-state index in [9.17, 15) is 0 Å². The van der Waals surface area contributed by atoms with Gasteiger partial charge >= 0.3 is 0 Å². The molecule has 0 bridgehead atoms. The summed E-state index contributed by atoms with van der Waals surface area (Å²) in [5.41, 5.74) is 2.10. The minimum absolute atomic E-state index is 0.380. The highest BCUT2D eigenvalue weighted by atomic mass is 16.4. The largest absolute Gasteiger partial charge is 0.410 e. The van der Waals surface area contributed by atoms with Crippen molar-refractivity contribution in [1.29, 1.82) is 0 Å². The zero-order valence-corrected chi connectivity index (χ0v) is 10.6. The van der Waals surface area contributed by atoms with E-state index in [1.54, 1.807) is 0 Å². The molecule has 94 valence electrons. The smallest absolute Gasteiger partial charge is 0.294 e. The minimum Gasteiger partial charge on any atom is -0.410 e.